The van der Waals surface area contributed by atoms with E-state index in [9.17, 15) is 0 Å². The zero-order chi connectivity index (χ0) is 23.7. The molecule has 0 bridgehead atoms. The van der Waals surface area contributed by atoms with Gasteiger partial charge in [0.2, 0.25) is 11.9 Å². The molecule has 34 heavy (non-hydrogen) atoms. The summed E-state index contributed by atoms with van der Waals surface area (Å²) in [6.45, 7) is 2.28. The molecule has 0 atom stereocenters. The molecule has 0 amide bonds. The highest BCUT2D eigenvalue weighted by Crippen LogP contribution is 2.34. The molecule has 1 aliphatic rings. The monoisotopic (exact) mass is 460 g/mol. The third-order valence-electron chi connectivity index (χ3n) is 6.31. The van der Waals surface area contributed by atoms with Crippen LogP contribution in [0.4, 0.5) is 17.6 Å². The minimum atomic E-state index is 0.209. The predicted octanol–water partition coefficient (Wildman–Crippen LogP) is 3.36. The van der Waals surface area contributed by atoms with Gasteiger partial charge in [-0.15, -0.1) is 5.10 Å². The molecule has 4 aromatic rings. The molecule has 0 spiro atoms. The third kappa shape index (κ3) is 4.19. The van der Waals surface area contributed by atoms with Crippen LogP contribution >= 0.6 is 0 Å². The predicted molar refractivity (Wildman–Crippen MR) is 131 cm³/mol. The highest BCUT2D eigenvalue weighted by atomic mass is 16.5. The summed E-state index contributed by atoms with van der Waals surface area (Å²) in [5.74, 6) is 2.85. The number of nitrogens with two attached hydrogens (primary N) is 1. The van der Waals surface area contributed by atoms with E-state index in [0.717, 1.165) is 18.8 Å². The minimum absolute atomic E-state index is 0.209. The van der Waals surface area contributed by atoms with Gasteiger partial charge in [0.05, 0.1) is 19.7 Å². The van der Waals surface area contributed by atoms with Gasteiger partial charge in [-0.1, -0.05) is 12.1 Å². The first-order valence-corrected chi connectivity index (χ1v) is 11.2. The van der Waals surface area contributed by atoms with E-state index in [-0.39, 0.29) is 5.95 Å². The number of hydrogen-bond acceptors (Lipinski definition) is 9. The van der Waals surface area contributed by atoms with Gasteiger partial charge in [-0.05, 0) is 62.7 Å². The first-order valence-electron chi connectivity index (χ1n) is 11.2. The molecule has 176 valence electrons. The van der Waals surface area contributed by atoms with E-state index in [0.29, 0.717) is 40.1 Å². The Labute approximate surface area is 197 Å². The van der Waals surface area contributed by atoms with Crippen LogP contribution in [-0.2, 0) is 0 Å². The lowest BCUT2D eigenvalue weighted by Gasteiger charge is -2.29. The van der Waals surface area contributed by atoms with E-state index in [1.54, 1.807) is 26.4 Å². The van der Waals surface area contributed by atoms with Gasteiger partial charge in [0.1, 0.15) is 6.33 Å². The third-order valence-corrected chi connectivity index (χ3v) is 6.31. The van der Waals surface area contributed by atoms with Gasteiger partial charge < -0.3 is 25.4 Å². The summed E-state index contributed by atoms with van der Waals surface area (Å²) in [6.07, 6.45) is 3.84. The molecule has 0 aliphatic carbocycles. The van der Waals surface area contributed by atoms with Crippen molar-refractivity contribution in [2.75, 3.05) is 45.4 Å². The number of likely N-dealkylation sites (tertiary alicyclic amines) is 1. The van der Waals surface area contributed by atoms with Crippen LogP contribution in [0.5, 0.6) is 11.5 Å². The first kappa shape index (κ1) is 21.9. The molecule has 1 aliphatic heterocycles. The Kier molecular flexibility index (Phi) is 5.89. The van der Waals surface area contributed by atoms with Crippen molar-refractivity contribution in [3.8, 4) is 17.3 Å². The minimum Gasteiger partial charge on any atom is -0.493 e. The van der Waals surface area contributed by atoms with Crippen molar-refractivity contribution in [2.45, 2.75) is 18.8 Å². The number of fused-ring (bicyclic) bond motifs is 1. The van der Waals surface area contributed by atoms with Crippen LogP contribution in [0.3, 0.4) is 0 Å². The molecule has 0 radical (unpaired) electrons. The van der Waals surface area contributed by atoms with Crippen LogP contribution in [-0.4, -0.2) is 64.0 Å². The number of piperidine rings is 1. The molecular weight excluding hydrogens is 432 g/mol. The van der Waals surface area contributed by atoms with Crippen LogP contribution in [0.1, 0.15) is 24.3 Å². The van der Waals surface area contributed by atoms with Gasteiger partial charge >= 0.3 is 0 Å². The van der Waals surface area contributed by atoms with Crippen molar-refractivity contribution < 1.29 is 9.47 Å². The highest BCUT2D eigenvalue weighted by molar-refractivity contribution is 5.88. The topological polar surface area (TPSA) is 116 Å². The number of anilines is 3. The Morgan fingerprint density at radius 1 is 1.00 bits per heavy atom. The maximum Gasteiger partial charge on any atom is 0.248 e. The fourth-order valence-corrected chi connectivity index (χ4v) is 4.38. The maximum atomic E-state index is 6.21. The zero-order valence-electron chi connectivity index (χ0n) is 19.5. The fourth-order valence-electron chi connectivity index (χ4n) is 4.38. The molecule has 10 heteroatoms. The highest BCUT2D eigenvalue weighted by Gasteiger charge is 2.19. The second kappa shape index (κ2) is 9.14. The van der Waals surface area contributed by atoms with Crippen molar-refractivity contribution in [2.24, 2.45) is 0 Å². The van der Waals surface area contributed by atoms with E-state index in [1.165, 1.54) is 29.4 Å². The summed E-state index contributed by atoms with van der Waals surface area (Å²) in [5, 5.41) is 8.50. The van der Waals surface area contributed by atoms with E-state index in [4.69, 9.17) is 15.2 Å². The van der Waals surface area contributed by atoms with Crippen LogP contribution in [0.25, 0.3) is 16.7 Å². The Morgan fingerprint density at radius 3 is 2.41 bits per heavy atom. The molecule has 1 fully saturated rings. The number of benzene rings is 2. The summed E-state index contributed by atoms with van der Waals surface area (Å²) in [7, 11) is 5.34. The Bertz CT molecular complexity index is 1300. The molecule has 0 unspecified atom stereocenters. The lowest BCUT2D eigenvalue weighted by molar-refractivity contribution is 0.255. The van der Waals surface area contributed by atoms with E-state index < -0.39 is 0 Å². The molecule has 0 saturated carbocycles. The van der Waals surface area contributed by atoms with E-state index in [2.05, 4.69) is 61.6 Å². The zero-order valence-corrected chi connectivity index (χ0v) is 19.5. The standard InChI is InChI=1S/C24H28N8O2/c1-31-10-8-16(9-11-31)15-4-6-17(7-5-15)28-24-29-23(25)32(30-24)22-18-12-20(33-2)21(34-3)13-19(18)26-14-27-22/h4-7,12-14,16H,8-11H2,1-3H3,(H3,25,28,29,30). The molecular formula is C24H28N8O2. The van der Waals surface area contributed by atoms with Crippen LogP contribution in [0, 0.1) is 0 Å². The molecule has 3 heterocycles. The lowest BCUT2D eigenvalue weighted by atomic mass is 9.89. The second-order valence-electron chi connectivity index (χ2n) is 8.45. The van der Waals surface area contributed by atoms with E-state index in [1.807, 2.05) is 0 Å². The lowest BCUT2D eigenvalue weighted by Crippen LogP contribution is -2.29. The first-order chi connectivity index (χ1) is 16.6. The fraction of sp³-hybridized carbons (Fsp3) is 0.333. The summed E-state index contributed by atoms with van der Waals surface area (Å²) >= 11 is 0. The Morgan fingerprint density at radius 2 is 1.71 bits per heavy atom. The number of nitrogens with one attached hydrogen (secondary N) is 1. The van der Waals surface area contributed by atoms with Gasteiger partial charge in [0, 0.05) is 17.1 Å². The van der Waals surface area contributed by atoms with Gasteiger partial charge in [-0.2, -0.15) is 9.67 Å². The van der Waals surface area contributed by atoms with Crippen molar-refractivity contribution in [1.29, 1.82) is 0 Å². The Hall–Kier alpha value is -3.92. The number of hydrogen-bond donors (Lipinski definition) is 2. The average molecular weight is 461 g/mol. The smallest absolute Gasteiger partial charge is 0.248 e. The van der Waals surface area contributed by atoms with Crippen LogP contribution < -0.4 is 20.5 Å². The summed E-state index contributed by atoms with van der Waals surface area (Å²) < 4.78 is 12.3. The average Bonchev–Trinajstić information content (AvgIpc) is 3.23. The molecule has 2 aromatic heterocycles. The van der Waals surface area contributed by atoms with Crippen molar-refractivity contribution in [3.05, 3.63) is 48.3 Å². The molecule has 5 rings (SSSR count). The van der Waals surface area contributed by atoms with Gasteiger partial charge in [-0.3, -0.25) is 0 Å². The number of nitrogens with zero attached hydrogens (tertiary/aromatic N) is 6. The Balaban J connectivity index is 1.40. The summed E-state index contributed by atoms with van der Waals surface area (Å²) in [6, 6.07) is 12.1. The maximum absolute atomic E-state index is 6.21. The van der Waals surface area contributed by atoms with Gasteiger partial charge in [0.25, 0.3) is 0 Å². The normalized spacial score (nSPS) is 14.9. The summed E-state index contributed by atoms with van der Waals surface area (Å²) in [4.78, 5) is 15.5. The number of nitrogen functional groups attached to an aromatic ring is 1. The van der Waals surface area contributed by atoms with Crippen LogP contribution in [0.2, 0.25) is 0 Å². The van der Waals surface area contributed by atoms with E-state index >= 15 is 0 Å². The summed E-state index contributed by atoms with van der Waals surface area (Å²) in [5.41, 5.74) is 9.15. The largest absolute Gasteiger partial charge is 0.493 e. The number of methoxy groups -OCH3 is 2. The molecule has 2 aromatic carbocycles. The number of rotatable bonds is 6. The van der Waals surface area contributed by atoms with Crippen LogP contribution in [0.15, 0.2) is 42.7 Å². The second-order valence-corrected chi connectivity index (χ2v) is 8.45. The number of ether oxygens (including phenoxy) is 2. The molecule has 1 saturated heterocycles. The number of aromatic nitrogens is 5. The van der Waals surface area contributed by atoms with Crippen molar-refractivity contribution in [3.63, 3.8) is 0 Å². The van der Waals surface area contributed by atoms with Gasteiger partial charge in [-0.25, -0.2) is 9.97 Å². The van der Waals surface area contributed by atoms with Gasteiger partial charge in [0.15, 0.2) is 17.3 Å². The SMILES string of the molecule is COc1cc2ncnc(-n3nc(Nc4ccc(C5CCN(C)CC5)cc4)nc3N)c2cc1OC. The molecule has 10 nitrogen and oxygen atoms in total. The van der Waals surface area contributed by atoms with Crippen molar-refractivity contribution >= 4 is 28.5 Å². The van der Waals surface area contributed by atoms with Crippen molar-refractivity contribution in [1.82, 2.24) is 29.6 Å². The molecule has 3 N–H and O–H groups in total. The quantitative estimate of drug-likeness (QED) is 0.447.